The number of para-hydroxylation sites is 1. The minimum Gasteiger partial charge on any atom is -0.453 e. The predicted molar refractivity (Wildman–Crippen MR) is 154 cm³/mol. The standard InChI is InChI=1S/C30H30ClN5O3/c1-3-34-14-16-35(17-15-34)29(37)22-9-7-10-23(19-22)33-28-27(39-24-11-6-8-21(2)18-24)20-32-36(30(28)38)26-13-5-4-12-25(26)31/h4-13,18-20,33H,3,14-17H2,1-2H3. The molecule has 200 valence electrons. The fraction of sp³-hybridized carbons (Fsp3) is 0.233. The quantitative estimate of drug-likeness (QED) is 0.331. The smallest absolute Gasteiger partial charge is 0.299 e. The van der Waals surface area contributed by atoms with Gasteiger partial charge in [0.1, 0.15) is 5.75 Å². The Kier molecular flexibility index (Phi) is 7.95. The van der Waals surface area contributed by atoms with Gasteiger partial charge in [-0.1, -0.05) is 48.9 Å². The summed E-state index contributed by atoms with van der Waals surface area (Å²) < 4.78 is 7.34. The summed E-state index contributed by atoms with van der Waals surface area (Å²) in [6.07, 6.45) is 1.48. The van der Waals surface area contributed by atoms with Gasteiger partial charge >= 0.3 is 0 Å². The summed E-state index contributed by atoms with van der Waals surface area (Å²) in [4.78, 5) is 31.2. The van der Waals surface area contributed by atoms with Gasteiger partial charge in [0.05, 0.1) is 16.9 Å². The van der Waals surface area contributed by atoms with Gasteiger partial charge in [0.25, 0.3) is 11.5 Å². The molecule has 5 rings (SSSR count). The first-order valence-corrected chi connectivity index (χ1v) is 13.3. The minimum atomic E-state index is -0.444. The first-order valence-electron chi connectivity index (χ1n) is 12.9. The Morgan fingerprint density at radius 1 is 1.00 bits per heavy atom. The van der Waals surface area contributed by atoms with E-state index in [0.717, 1.165) is 25.2 Å². The van der Waals surface area contributed by atoms with E-state index in [0.29, 0.717) is 40.8 Å². The van der Waals surface area contributed by atoms with Gasteiger partial charge in [0, 0.05) is 37.4 Å². The first-order chi connectivity index (χ1) is 18.9. The van der Waals surface area contributed by atoms with Crippen LogP contribution in [0.15, 0.2) is 83.8 Å². The molecule has 1 N–H and O–H groups in total. The third-order valence-electron chi connectivity index (χ3n) is 6.73. The lowest BCUT2D eigenvalue weighted by molar-refractivity contribution is 0.0643. The molecular formula is C30H30ClN5O3. The molecule has 1 aliphatic rings. The summed E-state index contributed by atoms with van der Waals surface area (Å²) in [5, 5.41) is 7.93. The van der Waals surface area contributed by atoms with E-state index in [4.69, 9.17) is 16.3 Å². The molecule has 1 aromatic heterocycles. The molecule has 4 aromatic rings. The Morgan fingerprint density at radius 3 is 2.51 bits per heavy atom. The van der Waals surface area contributed by atoms with E-state index in [1.165, 1.54) is 10.9 Å². The molecule has 0 aliphatic carbocycles. The molecule has 0 bridgehead atoms. The molecule has 3 aromatic carbocycles. The van der Waals surface area contributed by atoms with Gasteiger partial charge in [-0.2, -0.15) is 9.78 Å². The average molecular weight is 544 g/mol. The normalized spacial score (nSPS) is 13.8. The van der Waals surface area contributed by atoms with Crippen LogP contribution in [0.1, 0.15) is 22.8 Å². The van der Waals surface area contributed by atoms with Crippen LogP contribution in [0.5, 0.6) is 11.5 Å². The molecule has 9 heteroatoms. The third-order valence-corrected chi connectivity index (χ3v) is 7.05. The second-order valence-corrected chi connectivity index (χ2v) is 9.81. The molecule has 0 atom stereocenters. The number of nitrogens with zero attached hydrogens (tertiary/aromatic N) is 4. The lowest BCUT2D eigenvalue weighted by Crippen LogP contribution is -2.48. The summed E-state index contributed by atoms with van der Waals surface area (Å²) >= 11 is 6.38. The number of hydrogen-bond acceptors (Lipinski definition) is 6. The number of likely N-dealkylation sites (N-methyl/N-ethyl adjacent to an activating group) is 1. The number of carbonyl (C=O) groups is 1. The van der Waals surface area contributed by atoms with Crippen LogP contribution in [0.3, 0.4) is 0 Å². The highest BCUT2D eigenvalue weighted by Crippen LogP contribution is 2.30. The van der Waals surface area contributed by atoms with Gasteiger partial charge in [-0.05, 0) is 61.5 Å². The van der Waals surface area contributed by atoms with Crippen molar-refractivity contribution >= 4 is 28.9 Å². The van der Waals surface area contributed by atoms with E-state index in [1.54, 1.807) is 42.5 Å². The highest BCUT2D eigenvalue weighted by molar-refractivity contribution is 6.32. The zero-order chi connectivity index (χ0) is 27.4. The van der Waals surface area contributed by atoms with E-state index in [9.17, 15) is 9.59 Å². The van der Waals surface area contributed by atoms with Crippen LogP contribution in [0.2, 0.25) is 5.02 Å². The number of anilines is 2. The van der Waals surface area contributed by atoms with Crippen molar-refractivity contribution in [1.29, 1.82) is 0 Å². The SMILES string of the molecule is CCN1CCN(C(=O)c2cccc(Nc3c(Oc4cccc(C)c4)cnn(-c4ccccc4Cl)c3=O)c2)CC1. The maximum Gasteiger partial charge on any atom is 0.299 e. The molecular weight excluding hydrogens is 514 g/mol. The molecule has 1 aliphatic heterocycles. The predicted octanol–water partition coefficient (Wildman–Crippen LogP) is 5.51. The molecule has 0 saturated carbocycles. The maximum absolute atomic E-state index is 13.7. The molecule has 1 saturated heterocycles. The van der Waals surface area contributed by atoms with Gasteiger partial charge < -0.3 is 19.9 Å². The maximum atomic E-state index is 13.7. The summed E-state index contributed by atoms with van der Waals surface area (Å²) in [7, 11) is 0. The summed E-state index contributed by atoms with van der Waals surface area (Å²) in [5.41, 5.74) is 2.32. The lowest BCUT2D eigenvalue weighted by atomic mass is 10.1. The van der Waals surface area contributed by atoms with Crippen LogP contribution in [0.25, 0.3) is 5.69 Å². The number of aryl methyl sites for hydroxylation is 1. The summed E-state index contributed by atoms with van der Waals surface area (Å²) in [6.45, 7) is 8.16. The minimum absolute atomic E-state index is 0.0335. The zero-order valence-electron chi connectivity index (χ0n) is 21.9. The molecule has 0 unspecified atom stereocenters. The van der Waals surface area contributed by atoms with Gasteiger partial charge in [0.2, 0.25) is 0 Å². The van der Waals surface area contributed by atoms with E-state index in [1.807, 2.05) is 42.2 Å². The van der Waals surface area contributed by atoms with Crippen molar-refractivity contribution in [3.8, 4) is 17.2 Å². The number of ether oxygens (including phenoxy) is 1. The van der Waals surface area contributed by atoms with Crippen molar-refractivity contribution in [2.24, 2.45) is 0 Å². The molecule has 8 nitrogen and oxygen atoms in total. The summed E-state index contributed by atoms with van der Waals surface area (Å²) in [6, 6.07) is 21.7. The Labute approximate surface area is 232 Å². The van der Waals surface area contributed by atoms with Crippen LogP contribution >= 0.6 is 11.6 Å². The number of piperazine rings is 1. The number of benzene rings is 3. The first kappa shape index (κ1) is 26.5. The molecule has 2 heterocycles. The largest absolute Gasteiger partial charge is 0.453 e. The van der Waals surface area contributed by atoms with Crippen molar-refractivity contribution in [2.75, 3.05) is 38.0 Å². The molecule has 0 radical (unpaired) electrons. The molecule has 1 fully saturated rings. The van der Waals surface area contributed by atoms with Crippen LogP contribution in [0, 0.1) is 6.92 Å². The average Bonchev–Trinajstić information content (AvgIpc) is 2.95. The highest BCUT2D eigenvalue weighted by Gasteiger charge is 2.22. The Bertz CT molecular complexity index is 1550. The van der Waals surface area contributed by atoms with Gasteiger partial charge in [-0.3, -0.25) is 9.59 Å². The number of nitrogens with one attached hydrogen (secondary N) is 1. The zero-order valence-corrected chi connectivity index (χ0v) is 22.7. The Balaban J connectivity index is 1.49. The number of rotatable bonds is 7. The van der Waals surface area contributed by atoms with Crippen LogP contribution < -0.4 is 15.6 Å². The van der Waals surface area contributed by atoms with Gasteiger partial charge in [0.15, 0.2) is 11.4 Å². The van der Waals surface area contributed by atoms with Crippen molar-refractivity contribution in [3.05, 3.63) is 105 Å². The second-order valence-electron chi connectivity index (χ2n) is 9.40. The third kappa shape index (κ3) is 5.97. The Hall–Kier alpha value is -4.14. The number of aromatic nitrogens is 2. The van der Waals surface area contributed by atoms with Gasteiger partial charge in [-0.25, -0.2) is 0 Å². The van der Waals surface area contributed by atoms with Crippen molar-refractivity contribution in [2.45, 2.75) is 13.8 Å². The van der Waals surface area contributed by atoms with E-state index in [2.05, 4.69) is 22.2 Å². The van der Waals surface area contributed by atoms with Crippen LogP contribution in [0.4, 0.5) is 11.4 Å². The molecule has 1 amide bonds. The number of amides is 1. The van der Waals surface area contributed by atoms with Crippen LogP contribution in [-0.4, -0.2) is 58.2 Å². The van der Waals surface area contributed by atoms with Crippen molar-refractivity contribution in [1.82, 2.24) is 19.6 Å². The lowest BCUT2D eigenvalue weighted by Gasteiger charge is -2.34. The van der Waals surface area contributed by atoms with Gasteiger partial charge in [-0.15, -0.1) is 0 Å². The Morgan fingerprint density at radius 2 is 1.77 bits per heavy atom. The molecule has 0 spiro atoms. The number of hydrogen-bond donors (Lipinski definition) is 1. The fourth-order valence-electron chi connectivity index (χ4n) is 4.56. The topological polar surface area (TPSA) is 79.7 Å². The van der Waals surface area contributed by atoms with Crippen molar-refractivity contribution < 1.29 is 9.53 Å². The van der Waals surface area contributed by atoms with E-state index < -0.39 is 5.56 Å². The molecule has 39 heavy (non-hydrogen) atoms. The second kappa shape index (κ2) is 11.7. The fourth-order valence-corrected chi connectivity index (χ4v) is 4.77. The van der Waals surface area contributed by atoms with Crippen molar-refractivity contribution in [3.63, 3.8) is 0 Å². The van der Waals surface area contributed by atoms with E-state index in [-0.39, 0.29) is 17.3 Å². The highest BCUT2D eigenvalue weighted by atomic mass is 35.5. The van der Waals surface area contributed by atoms with Crippen LogP contribution in [-0.2, 0) is 0 Å². The monoisotopic (exact) mass is 543 g/mol. The number of carbonyl (C=O) groups excluding carboxylic acids is 1. The van der Waals surface area contributed by atoms with E-state index >= 15 is 0 Å². The summed E-state index contributed by atoms with van der Waals surface area (Å²) in [5.74, 6) is 0.792. The number of halogens is 1.